The highest BCUT2D eigenvalue weighted by Gasteiger charge is 2.36. The first-order chi connectivity index (χ1) is 13.0. The van der Waals surface area contributed by atoms with Gasteiger partial charge in [0.05, 0.1) is 17.1 Å². The van der Waals surface area contributed by atoms with Crippen LogP contribution in [0.5, 0.6) is 0 Å². The third-order valence-corrected chi connectivity index (χ3v) is 5.48. The minimum Gasteiger partial charge on any atom is -0.274 e. The Hall–Kier alpha value is -2.54. The van der Waals surface area contributed by atoms with E-state index in [1.54, 1.807) is 19.1 Å². The first-order valence-electron chi connectivity index (χ1n) is 8.74. The SMILES string of the molecule is Cc1c(C(F)F)cc2nc(C3CC3)nn2c1N1C(=O)Cc2cccc(Cl)c21. The van der Waals surface area contributed by atoms with E-state index in [4.69, 9.17) is 11.6 Å². The quantitative estimate of drug-likeness (QED) is 0.652. The van der Waals surface area contributed by atoms with Gasteiger partial charge in [0.1, 0.15) is 5.82 Å². The van der Waals surface area contributed by atoms with Gasteiger partial charge in [0, 0.05) is 17.0 Å². The maximum atomic E-state index is 13.7. The first kappa shape index (κ1) is 16.6. The predicted molar refractivity (Wildman–Crippen MR) is 97.0 cm³/mol. The van der Waals surface area contributed by atoms with E-state index in [-0.39, 0.29) is 23.8 Å². The summed E-state index contributed by atoms with van der Waals surface area (Å²) in [6.45, 7) is 1.58. The summed E-state index contributed by atoms with van der Waals surface area (Å²) in [5.41, 5.74) is 1.76. The molecule has 1 aromatic carbocycles. The summed E-state index contributed by atoms with van der Waals surface area (Å²) in [6.07, 6.45) is -0.535. The molecule has 8 heteroatoms. The lowest BCUT2D eigenvalue weighted by Gasteiger charge is -2.23. The van der Waals surface area contributed by atoms with Crippen LogP contribution >= 0.6 is 11.6 Å². The van der Waals surface area contributed by atoms with Gasteiger partial charge in [-0.05, 0) is 37.5 Å². The zero-order valence-electron chi connectivity index (χ0n) is 14.4. The van der Waals surface area contributed by atoms with E-state index in [1.807, 2.05) is 6.07 Å². The number of hydrogen-bond donors (Lipinski definition) is 0. The van der Waals surface area contributed by atoms with Crippen LogP contribution in [0.4, 0.5) is 20.3 Å². The monoisotopic (exact) mass is 388 g/mol. The van der Waals surface area contributed by atoms with E-state index >= 15 is 0 Å². The third-order valence-electron chi connectivity index (χ3n) is 5.18. The van der Waals surface area contributed by atoms with Crippen molar-refractivity contribution in [2.24, 2.45) is 0 Å². The van der Waals surface area contributed by atoms with Crippen molar-refractivity contribution in [1.82, 2.24) is 14.6 Å². The number of amides is 1. The zero-order chi connectivity index (χ0) is 18.9. The van der Waals surface area contributed by atoms with Crippen molar-refractivity contribution in [3.05, 3.63) is 51.8 Å². The van der Waals surface area contributed by atoms with Gasteiger partial charge in [-0.2, -0.15) is 4.52 Å². The molecule has 27 heavy (non-hydrogen) atoms. The summed E-state index contributed by atoms with van der Waals surface area (Å²) in [4.78, 5) is 18.7. The fourth-order valence-electron chi connectivity index (χ4n) is 3.67. The van der Waals surface area contributed by atoms with Crippen LogP contribution in [0, 0.1) is 6.92 Å². The molecule has 0 spiro atoms. The van der Waals surface area contributed by atoms with Crippen LogP contribution in [0.3, 0.4) is 0 Å². The van der Waals surface area contributed by atoms with Gasteiger partial charge in [-0.15, -0.1) is 5.10 Å². The van der Waals surface area contributed by atoms with Crippen LogP contribution in [0.15, 0.2) is 24.3 Å². The summed E-state index contributed by atoms with van der Waals surface area (Å²) < 4.78 is 28.9. The summed E-state index contributed by atoms with van der Waals surface area (Å²) in [5.74, 6) is 0.961. The average molecular weight is 389 g/mol. The van der Waals surface area contributed by atoms with Gasteiger partial charge in [-0.25, -0.2) is 13.8 Å². The molecule has 0 radical (unpaired) electrons. The lowest BCUT2D eigenvalue weighted by atomic mass is 10.1. The zero-order valence-corrected chi connectivity index (χ0v) is 15.2. The van der Waals surface area contributed by atoms with E-state index in [0.29, 0.717) is 33.6 Å². The van der Waals surface area contributed by atoms with Crippen LogP contribution in [0.2, 0.25) is 5.02 Å². The van der Waals surface area contributed by atoms with Crippen LogP contribution in [-0.2, 0) is 11.2 Å². The van der Waals surface area contributed by atoms with Gasteiger partial charge in [0.15, 0.2) is 11.5 Å². The molecule has 0 N–H and O–H groups in total. The Morgan fingerprint density at radius 3 is 2.78 bits per heavy atom. The molecule has 1 fully saturated rings. The molecule has 1 saturated carbocycles. The molecule has 5 rings (SSSR count). The van der Waals surface area contributed by atoms with Crippen molar-refractivity contribution >= 4 is 34.7 Å². The molecule has 3 heterocycles. The minimum absolute atomic E-state index is 0.152. The van der Waals surface area contributed by atoms with E-state index in [1.165, 1.54) is 15.5 Å². The number of nitrogens with zero attached hydrogens (tertiary/aromatic N) is 4. The van der Waals surface area contributed by atoms with E-state index in [9.17, 15) is 13.6 Å². The highest BCUT2D eigenvalue weighted by molar-refractivity contribution is 6.35. The molecule has 2 aromatic heterocycles. The number of halogens is 3. The number of anilines is 2. The molecule has 0 bridgehead atoms. The van der Waals surface area contributed by atoms with Crippen LogP contribution < -0.4 is 4.90 Å². The standard InChI is InChI=1S/C19H15ClF2N4O/c1-9-12(17(21)22)8-14-23-18(10-5-6-10)24-26(14)19(9)25-15(27)7-11-3-2-4-13(20)16(11)25/h2-4,8,10,17H,5-7H2,1H3. The second kappa shape index (κ2) is 5.73. The molecule has 1 aliphatic heterocycles. The number of hydrogen-bond acceptors (Lipinski definition) is 3. The average Bonchev–Trinajstić information content (AvgIpc) is 3.29. The Morgan fingerprint density at radius 2 is 2.07 bits per heavy atom. The number of pyridine rings is 1. The number of carbonyl (C=O) groups excluding carboxylic acids is 1. The van der Waals surface area contributed by atoms with Crippen molar-refractivity contribution in [1.29, 1.82) is 0 Å². The molecule has 3 aromatic rings. The number of alkyl halides is 2. The van der Waals surface area contributed by atoms with Gasteiger partial charge in [-0.1, -0.05) is 23.7 Å². The summed E-state index contributed by atoms with van der Waals surface area (Å²) in [7, 11) is 0. The lowest BCUT2D eigenvalue weighted by molar-refractivity contribution is -0.116. The topological polar surface area (TPSA) is 50.5 Å². The van der Waals surface area contributed by atoms with Crippen molar-refractivity contribution in [3.63, 3.8) is 0 Å². The van der Waals surface area contributed by atoms with E-state index < -0.39 is 6.43 Å². The molecule has 2 aliphatic rings. The smallest absolute Gasteiger partial charge is 0.264 e. The number of benzene rings is 1. The Balaban J connectivity index is 1.82. The second-order valence-corrected chi connectivity index (χ2v) is 7.42. The van der Waals surface area contributed by atoms with Crippen LogP contribution in [0.25, 0.3) is 5.65 Å². The Morgan fingerprint density at radius 1 is 1.30 bits per heavy atom. The number of carbonyl (C=O) groups is 1. The van der Waals surface area contributed by atoms with Gasteiger partial charge in [0.2, 0.25) is 5.91 Å². The highest BCUT2D eigenvalue weighted by Crippen LogP contribution is 2.44. The highest BCUT2D eigenvalue weighted by atomic mass is 35.5. The Bertz CT molecular complexity index is 1110. The fraction of sp³-hybridized carbons (Fsp3) is 0.316. The van der Waals surface area contributed by atoms with Crippen LogP contribution in [0.1, 0.15) is 47.7 Å². The number of rotatable bonds is 3. The first-order valence-corrected chi connectivity index (χ1v) is 9.12. The predicted octanol–water partition coefficient (Wildman–Crippen LogP) is 4.73. The van der Waals surface area contributed by atoms with Gasteiger partial charge in [-0.3, -0.25) is 9.69 Å². The Kier molecular flexibility index (Phi) is 3.53. The third kappa shape index (κ3) is 2.45. The molecular formula is C19H15ClF2N4O. The largest absolute Gasteiger partial charge is 0.274 e. The molecule has 5 nitrogen and oxygen atoms in total. The molecule has 1 aliphatic carbocycles. The van der Waals surface area contributed by atoms with Crippen molar-refractivity contribution < 1.29 is 13.6 Å². The lowest BCUT2D eigenvalue weighted by Crippen LogP contribution is -2.25. The molecular weight excluding hydrogens is 374 g/mol. The van der Waals surface area contributed by atoms with Crippen molar-refractivity contribution in [2.75, 3.05) is 4.90 Å². The molecule has 0 unspecified atom stereocenters. The van der Waals surface area contributed by atoms with Crippen molar-refractivity contribution in [2.45, 2.75) is 38.5 Å². The van der Waals surface area contributed by atoms with Crippen molar-refractivity contribution in [3.8, 4) is 0 Å². The molecule has 1 amide bonds. The fourth-order valence-corrected chi connectivity index (χ4v) is 3.95. The minimum atomic E-state index is -2.68. The van der Waals surface area contributed by atoms with Gasteiger partial charge < -0.3 is 0 Å². The Labute approximate surface area is 158 Å². The van der Waals surface area contributed by atoms with Gasteiger partial charge >= 0.3 is 0 Å². The van der Waals surface area contributed by atoms with E-state index in [0.717, 1.165) is 18.4 Å². The molecule has 0 atom stereocenters. The van der Waals surface area contributed by atoms with Crippen LogP contribution in [-0.4, -0.2) is 20.5 Å². The molecule has 138 valence electrons. The second-order valence-electron chi connectivity index (χ2n) is 7.02. The summed E-state index contributed by atoms with van der Waals surface area (Å²) in [6, 6.07) is 6.64. The van der Waals surface area contributed by atoms with E-state index in [2.05, 4.69) is 10.1 Å². The number of para-hydroxylation sites is 1. The normalized spacial score (nSPS) is 16.6. The molecule has 0 saturated heterocycles. The maximum absolute atomic E-state index is 13.7. The van der Waals surface area contributed by atoms with Gasteiger partial charge in [0.25, 0.3) is 6.43 Å². The number of fused-ring (bicyclic) bond motifs is 2. The maximum Gasteiger partial charge on any atom is 0.264 e. The summed E-state index contributed by atoms with van der Waals surface area (Å²) >= 11 is 6.36. The summed E-state index contributed by atoms with van der Waals surface area (Å²) in [5, 5.41) is 4.94. The number of aromatic nitrogens is 3.